The number of halogens is 5. The lowest BCUT2D eigenvalue weighted by Gasteiger charge is -2.03. The van der Waals surface area contributed by atoms with Crippen LogP contribution in [0.15, 0.2) is 6.07 Å². The van der Waals surface area contributed by atoms with Crippen molar-refractivity contribution in [2.45, 2.75) is 5.33 Å². The summed E-state index contributed by atoms with van der Waals surface area (Å²) in [5.41, 5.74) is 0.155. The van der Waals surface area contributed by atoms with E-state index in [9.17, 15) is 8.78 Å². The third-order valence-electron chi connectivity index (χ3n) is 1.32. The molecule has 0 nitrogen and oxygen atoms in total. The van der Waals surface area contributed by atoms with E-state index in [2.05, 4.69) is 15.9 Å². The van der Waals surface area contributed by atoms with Crippen molar-refractivity contribution >= 4 is 39.1 Å². The van der Waals surface area contributed by atoms with Gasteiger partial charge in [0.1, 0.15) is 11.6 Å². The van der Waals surface area contributed by atoms with Gasteiger partial charge >= 0.3 is 0 Å². The van der Waals surface area contributed by atoms with Gasteiger partial charge in [0.2, 0.25) is 0 Å². The highest BCUT2D eigenvalue weighted by molar-refractivity contribution is 9.08. The van der Waals surface area contributed by atoms with E-state index >= 15 is 0 Å². The van der Waals surface area contributed by atoms with Crippen molar-refractivity contribution in [2.75, 3.05) is 0 Å². The Morgan fingerprint density at radius 1 is 1.25 bits per heavy atom. The molecule has 12 heavy (non-hydrogen) atoms. The largest absolute Gasteiger partial charge is 0.205 e. The number of rotatable bonds is 1. The van der Waals surface area contributed by atoms with Crippen molar-refractivity contribution in [3.8, 4) is 0 Å². The second kappa shape index (κ2) is 3.90. The fraction of sp³-hybridized carbons (Fsp3) is 0.143. The minimum atomic E-state index is -0.711. The third-order valence-corrected chi connectivity index (χ3v) is 2.75. The van der Waals surface area contributed by atoms with Crippen LogP contribution in [0.4, 0.5) is 8.78 Å². The van der Waals surface area contributed by atoms with Crippen LogP contribution in [0.25, 0.3) is 0 Å². The molecule has 0 saturated carbocycles. The summed E-state index contributed by atoms with van der Waals surface area (Å²) in [6.07, 6.45) is 0. The molecule has 0 aliphatic rings. The first-order valence-corrected chi connectivity index (χ1v) is 4.83. The highest BCUT2D eigenvalue weighted by Crippen LogP contribution is 2.30. The first-order valence-electron chi connectivity index (χ1n) is 2.95. The van der Waals surface area contributed by atoms with Crippen molar-refractivity contribution < 1.29 is 8.78 Å². The molecule has 1 aromatic carbocycles. The molecular formula is C7H3BrCl2F2. The molecular weight excluding hydrogens is 273 g/mol. The van der Waals surface area contributed by atoms with Crippen LogP contribution in [-0.4, -0.2) is 0 Å². The average molecular weight is 276 g/mol. The van der Waals surface area contributed by atoms with Crippen LogP contribution in [0.1, 0.15) is 5.56 Å². The van der Waals surface area contributed by atoms with Crippen LogP contribution in [0.5, 0.6) is 0 Å². The van der Waals surface area contributed by atoms with Gasteiger partial charge in [-0.2, -0.15) is 0 Å². The van der Waals surface area contributed by atoms with E-state index in [0.717, 1.165) is 6.07 Å². The minimum Gasteiger partial charge on any atom is -0.205 e. The summed E-state index contributed by atoms with van der Waals surface area (Å²) in [5.74, 6) is -1.39. The van der Waals surface area contributed by atoms with Gasteiger partial charge in [-0.1, -0.05) is 39.1 Å². The van der Waals surface area contributed by atoms with E-state index in [1.54, 1.807) is 0 Å². The summed E-state index contributed by atoms with van der Waals surface area (Å²) >= 11 is 13.7. The van der Waals surface area contributed by atoms with Crippen LogP contribution < -0.4 is 0 Å². The van der Waals surface area contributed by atoms with Crippen LogP contribution in [0, 0.1) is 11.6 Å². The van der Waals surface area contributed by atoms with Gasteiger partial charge in [0.15, 0.2) is 0 Å². The quantitative estimate of drug-likeness (QED) is 0.410. The van der Waals surface area contributed by atoms with Gasteiger partial charge in [0.25, 0.3) is 0 Å². The smallest absolute Gasteiger partial charge is 0.147 e. The topological polar surface area (TPSA) is 0 Å². The number of hydrogen-bond donors (Lipinski definition) is 0. The molecule has 0 saturated heterocycles. The van der Waals surface area contributed by atoms with Crippen LogP contribution in [0.3, 0.4) is 0 Å². The Labute approximate surface area is 86.6 Å². The van der Waals surface area contributed by atoms with Crippen LogP contribution in [0.2, 0.25) is 10.0 Å². The zero-order valence-electron chi connectivity index (χ0n) is 5.67. The lowest BCUT2D eigenvalue weighted by molar-refractivity contribution is 0.592. The summed E-state index contributed by atoms with van der Waals surface area (Å²) in [6, 6.07) is 1.01. The molecule has 0 aromatic heterocycles. The minimum absolute atomic E-state index is 0.155. The summed E-state index contributed by atoms with van der Waals surface area (Å²) in [7, 11) is 0. The maximum Gasteiger partial charge on any atom is 0.147 e. The lowest BCUT2D eigenvalue weighted by atomic mass is 10.2. The van der Waals surface area contributed by atoms with Gasteiger partial charge in [-0.05, 0) is 6.07 Å². The molecule has 1 rings (SSSR count). The maximum atomic E-state index is 13.0. The van der Waals surface area contributed by atoms with Gasteiger partial charge < -0.3 is 0 Å². The number of alkyl halides is 1. The molecule has 0 bridgehead atoms. The predicted octanol–water partition coefficient (Wildman–Crippen LogP) is 4.17. The predicted molar refractivity (Wildman–Crippen MR) is 49.0 cm³/mol. The van der Waals surface area contributed by atoms with E-state index < -0.39 is 11.6 Å². The van der Waals surface area contributed by atoms with E-state index in [-0.39, 0.29) is 20.9 Å². The molecule has 0 atom stereocenters. The summed E-state index contributed by atoms with van der Waals surface area (Å²) in [4.78, 5) is 0. The lowest BCUT2D eigenvalue weighted by Crippen LogP contribution is -1.91. The molecule has 0 N–H and O–H groups in total. The van der Waals surface area contributed by atoms with Crippen molar-refractivity contribution in [1.82, 2.24) is 0 Å². The third kappa shape index (κ3) is 1.73. The standard InChI is InChI=1S/C7H3BrCl2F2/c8-2-3-1-4(11)5(9)6(10)7(3)12/h1H,2H2. The monoisotopic (exact) mass is 274 g/mol. The van der Waals surface area contributed by atoms with Gasteiger partial charge in [0, 0.05) is 10.9 Å². The Morgan fingerprint density at radius 3 is 2.33 bits per heavy atom. The van der Waals surface area contributed by atoms with Gasteiger partial charge in [0.05, 0.1) is 10.0 Å². The van der Waals surface area contributed by atoms with Gasteiger partial charge in [-0.25, -0.2) is 8.78 Å². The summed E-state index contributed by atoms with van der Waals surface area (Å²) in [5, 5.41) is -0.544. The highest BCUT2D eigenvalue weighted by Gasteiger charge is 2.14. The van der Waals surface area contributed by atoms with E-state index in [1.807, 2.05) is 0 Å². The van der Waals surface area contributed by atoms with Crippen molar-refractivity contribution in [3.05, 3.63) is 33.3 Å². The Kier molecular flexibility index (Phi) is 3.32. The molecule has 0 amide bonds. The molecule has 0 fully saturated rings. The van der Waals surface area contributed by atoms with Crippen LogP contribution in [-0.2, 0) is 5.33 Å². The molecule has 5 heteroatoms. The summed E-state index contributed by atoms with van der Waals surface area (Å²) in [6.45, 7) is 0. The molecule has 0 radical (unpaired) electrons. The number of benzene rings is 1. The molecule has 0 unspecified atom stereocenters. The zero-order valence-corrected chi connectivity index (χ0v) is 8.77. The Morgan fingerprint density at radius 2 is 1.83 bits per heavy atom. The Hall–Kier alpha value is 0.140. The van der Waals surface area contributed by atoms with Crippen LogP contribution >= 0.6 is 39.1 Å². The first-order chi connectivity index (χ1) is 5.57. The van der Waals surface area contributed by atoms with Gasteiger partial charge in [-0.3, -0.25) is 0 Å². The molecule has 0 heterocycles. The zero-order chi connectivity index (χ0) is 9.30. The van der Waals surface area contributed by atoms with Crippen molar-refractivity contribution in [1.29, 1.82) is 0 Å². The van der Waals surface area contributed by atoms with E-state index in [4.69, 9.17) is 23.2 Å². The van der Waals surface area contributed by atoms with E-state index in [0.29, 0.717) is 0 Å². The Balaban J connectivity index is 3.39. The van der Waals surface area contributed by atoms with E-state index in [1.165, 1.54) is 0 Å². The Bertz CT molecular complexity index is 315. The fourth-order valence-corrected chi connectivity index (χ4v) is 1.48. The molecule has 1 aromatic rings. The average Bonchev–Trinajstić information content (AvgIpc) is 2.08. The van der Waals surface area contributed by atoms with Crippen molar-refractivity contribution in [3.63, 3.8) is 0 Å². The first kappa shape index (κ1) is 10.2. The fourth-order valence-electron chi connectivity index (χ4n) is 0.719. The molecule has 0 spiro atoms. The SMILES string of the molecule is Fc1cc(CBr)c(F)c(Cl)c1Cl. The summed E-state index contributed by atoms with van der Waals surface area (Å²) < 4.78 is 25.8. The maximum absolute atomic E-state index is 13.0. The normalized spacial score (nSPS) is 10.4. The second-order valence-corrected chi connectivity index (χ2v) is 3.41. The molecule has 0 aliphatic carbocycles. The molecule has 66 valence electrons. The van der Waals surface area contributed by atoms with Crippen molar-refractivity contribution in [2.24, 2.45) is 0 Å². The van der Waals surface area contributed by atoms with Gasteiger partial charge in [-0.15, -0.1) is 0 Å². The second-order valence-electron chi connectivity index (χ2n) is 2.09. The molecule has 0 aliphatic heterocycles. The number of hydrogen-bond acceptors (Lipinski definition) is 0. The highest BCUT2D eigenvalue weighted by atomic mass is 79.9.